The molecular weight excluding hydrogens is 370 g/mol. The third kappa shape index (κ3) is 3.68. The number of allylic oxidation sites excluding steroid dienone is 2. The Bertz CT molecular complexity index is 951. The topological polar surface area (TPSA) is 77.8 Å². The van der Waals surface area contributed by atoms with Crippen LogP contribution in [0.25, 0.3) is 6.08 Å². The summed E-state index contributed by atoms with van der Waals surface area (Å²) in [5, 5.41) is 18.7. The molecule has 0 saturated carbocycles. The van der Waals surface area contributed by atoms with Gasteiger partial charge in [0.25, 0.3) is 5.91 Å². The number of amides is 1. The number of aromatic hydroxyl groups is 1. The number of hydrogen-bond acceptors (Lipinski definition) is 5. The Labute approximate surface area is 159 Å². The molecule has 2 aromatic rings. The molecule has 3 rings (SSSR count). The maximum Gasteiger partial charge on any atom is 0.339 e. The molecule has 0 aliphatic carbocycles. The zero-order chi connectivity index (χ0) is 18.7. The zero-order valence-electron chi connectivity index (χ0n) is 13.3. The average molecular weight is 383 g/mol. The molecule has 0 unspecified atom stereocenters. The number of thiocarbonyl (C=S) groups is 1. The second-order valence-corrected chi connectivity index (χ2v) is 6.99. The van der Waals surface area contributed by atoms with Gasteiger partial charge in [0, 0.05) is 0 Å². The smallest absolute Gasteiger partial charge is 0.339 e. The monoisotopic (exact) mass is 383 g/mol. The van der Waals surface area contributed by atoms with Crippen molar-refractivity contribution in [1.82, 2.24) is 0 Å². The minimum Gasteiger partial charge on any atom is -0.507 e. The van der Waals surface area contributed by atoms with Crippen LogP contribution in [0.4, 0.5) is 5.69 Å². The standard InChI is InChI=1S/C19H13NO4S2/c21-15-10-9-13(11-14(15)18(23)24)20-17(22)16(26-19(20)25)8-4-7-12-5-2-1-3-6-12/h1-11,21H,(H,23,24). The first-order valence-corrected chi connectivity index (χ1v) is 8.76. The molecule has 0 spiro atoms. The third-order valence-corrected chi connectivity index (χ3v) is 4.92. The fraction of sp³-hybridized carbons (Fsp3) is 0. The highest BCUT2D eigenvalue weighted by atomic mass is 32.2. The molecule has 1 heterocycles. The Morgan fingerprint density at radius 1 is 1.15 bits per heavy atom. The van der Waals surface area contributed by atoms with Crippen LogP contribution in [0.5, 0.6) is 5.75 Å². The van der Waals surface area contributed by atoms with Gasteiger partial charge in [-0.1, -0.05) is 66.5 Å². The van der Waals surface area contributed by atoms with E-state index in [9.17, 15) is 14.7 Å². The molecule has 1 amide bonds. The Morgan fingerprint density at radius 3 is 2.58 bits per heavy atom. The number of anilines is 1. The molecule has 5 nitrogen and oxygen atoms in total. The van der Waals surface area contributed by atoms with Crippen LogP contribution in [0.1, 0.15) is 15.9 Å². The van der Waals surface area contributed by atoms with Crippen LogP contribution in [-0.4, -0.2) is 26.4 Å². The van der Waals surface area contributed by atoms with E-state index in [-0.39, 0.29) is 17.2 Å². The van der Waals surface area contributed by atoms with Gasteiger partial charge in [-0.2, -0.15) is 0 Å². The van der Waals surface area contributed by atoms with Crippen LogP contribution in [0, 0.1) is 0 Å². The van der Waals surface area contributed by atoms with Crippen molar-refractivity contribution in [1.29, 1.82) is 0 Å². The second-order valence-electron chi connectivity index (χ2n) is 5.32. The summed E-state index contributed by atoms with van der Waals surface area (Å²) in [6.45, 7) is 0. The van der Waals surface area contributed by atoms with Crippen molar-refractivity contribution in [3.63, 3.8) is 0 Å². The van der Waals surface area contributed by atoms with Gasteiger partial charge < -0.3 is 10.2 Å². The summed E-state index contributed by atoms with van der Waals surface area (Å²) in [6.07, 6.45) is 5.31. The van der Waals surface area contributed by atoms with Gasteiger partial charge in [0.1, 0.15) is 11.3 Å². The summed E-state index contributed by atoms with van der Waals surface area (Å²) in [6, 6.07) is 13.6. The third-order valence-electron chi connectivity index (χ3n) is 3.60. The highest BCUT2D eigenvalue weighted by molar-refractivity contribution is 8.27. The molecule has 2 aromatic carbocycles. The van der Waals surface area contributed by atoms with Crippen LogP contribution < -0.4 is 4.90 Å². The van der Waals surface area contributed by atoms with Crippen molar-refractivity contribution in [2.24, 2.45) is 0 Å². The molecule has 0 bridgehead atoms. The molecule has 130 valence electrons. The molecular formula is C19H13NO4S2. The van der Waals surface area contributed by atoms with Crippen molar-refractivity contribution in [3.8, 4) is 5.75 Å². The van der Waals surface area contributed by atoms with Gasteiger partial charge in [-0.3, -0.25) is 9.69 Å². The maximum absolute atomic E-state index is 12.6. The van der Waals surface area contributed by atoms with Gasteiger partial charge >= 0.3 is 5.97 Å². The number of carbonyl (C=O) groups is 2. The van der Waals surface area contributed by atoms with E-state index in [1.807, 2.05) is 36.4 Å². The maximum atomic E-state index is 12.6. The number of carboxylic acid groups (broad SMARTS) is 1. The van der Waals surface area contributed by atoms with Gasteiger partial charge in [0.2, 0.25) is 0 Å². The summed E-state index contributed by atoms with van der Waals surface area (Å²) in [5.74, 6) is -1.98. The van der Waals surface area contributed by atoms with Crippen molar-refractivity contribution >= 4 is 51.9 Å². The summed E-state index contributed by atoms with van der Waals surface area (Å²) in [5.41, 5.74) is 1.02. The van der Waals surface area contributed by atoms with Crippen LogP contribution >= 0.6 is 24.0 Å². The molecule has 0 radical (unpaired) electrons. The predicted molar refractivity (Wildman–Crippen MR) is 106 cm³/mol. The molecule has 1 aliphatic heterocycles. The lowest BCUT2D eigenvalue weighted by Crippen LogP contribution is -2.27. The molecule has 0 atom stereocenters. The largest absolute Gasteiger partial charge is 0.507 e. The minimum absolute atomic E-state index is 0.287. The first kappa shape index (κ1) is 17.9. The van der Waals surface area contributed by atoms with E-state index in [0.717, 1.165) is 17.3 Å². The first-order valence-electron chi connectivity index (χ1n) is 7.53. The number of aromatic carboxylic acids is 1. The zero-order valence-corrected chi connectivity index (χ0v) is 15.0. The van der Waals surface area contributed by atoms with Crippen molar-refractivity contribution in [2.75, 3.05) is 4.90 Å². The van der Waals surface area contributed by atoms with Crippen molar-refractivity contribution in [3.05, 3.63) is 76.7 Å². The highest BCUT2D eigenvalue weighted by Crippen LogP contribution is 2.36. The second kappa shape index (κ2) is 7.55. The normalized spacial score (nSPS) is 16.0. The number of thioether (sulfide) groups is 1. The fourth-order valence-corrected chi connectivity index (χ4v) is 3.60. The summed E-state index contributed by atoms with van der Waals surface area (Å²) in [7, 11) is 0. The predicted octanol–water partition coefficient (Wildman–Crippen LogP) is 4.05. The van der Waals surface area contributed by atoms with E-state index in [0.29, 0.717) is 14.9 Å². The number of benzene rings is 2. The number of carboxylic acids is 1. The summed E-state index contributed by atoms with van der Waals surface area (Å²) < 4.78 is 0.302. The Morgan fingerprint density at radius 2 is 1.88 bits per heavy atom. The van der Waals surface area contributed by atoms with Crippen LogP contribution in [0.2, 0.25) is 0 Å². The molecule has 2 N–H and O–H groups in total. The Hall–Kier alpha value is -2.90. The van der Waals surface area contributed by atoms with Crippen LogP contribution in [0.15, 0.2) is 65.6 Å². The molecule has 1 saturated heterocycles. The SMILES string of the molecule is O=C(O)c1cc(N2C(=O)C(=CC=Cc3ccccc3)SC2=S)ccc1O. The minimum atomic E-state index is -1.28. The lowest BCUT2D eigenvalue weighted by Gasteiger charge is -2.15. The van der Waals surface area contributed by atoms with Gasteiger partial charge in [-0.05, 0) is 29.8 Å². The highest BCUT2D eigenvalue weighted by Gasteiger charge is 2.33. The van der Waals surface area contributed by atoms with E-state index in [1.165, 1.54) is 23.1 Å². The molecule has 1 aliphatic rings. The van der Waals surface area contributed by atoms with Gasteiger partial charge in [-0.25, -0.2) is 4.79 Å². The van der Waals surface area contributed by atoms with Gasteiger partial charge in [-0.15, -0.1) is 0 Å². The Balaban J connectivity index is 1.85. The molecule has 7 heteroatoms. The summed E-state index contributed by atoms with van der Waals surface area (Å²) in [4.78, 5) is 25.5. The van der Waals surface area contributed by atoms with Crippen LogP contribution in [-0.2, 0) is 4.79 Å². The van der Waals surface area contributed by atoms with Gasteiger partial charge in [0.05, 0.1) is 10.6 Å². The van der Waals surface area contributed by atoms with Crippen molar-refractivity contribution in [2.45, 2.75) is 0 Å². The molecule has 0 aromatic heterocycles. The van der Waals surface area contributed by atoms with Gasteiger partial charge in [0.15, 0.2) is 4.32 Å². The number of nitrogens with zero attached hydrogens (tertiary/aromatic N) is 1. The van der Waals surface area contributed by atoms with E-state index < -0.39 is 5.97 Å². The fourth-order valence-electron chi connectivity index (χ4n) is 2.35. The molecule has 26 heavy (non-hydrogen) atoms. The lowest BCUT2D eigenvalue weighted by molar-refractivity contribution is -0.113. The van der Waals surface area contributed by atoms with Crippen molar-refractivity contribution < 1.29 is 19.8 Å². The van der Waals surface area contributed by atoms with Crippen LogP contribution in [0.3, 0.4) is 0 Å². The summed E-state index contributed by atoms with van der Waals surface area (Å²) >= 11 is 6.39. The number of rotatable bonds is 4. The lowest BCUT2D eigenvalue weighted by atomic mass is 10.1. The quantitative estimate of drug-likeness (QED) is 0.613. The Kier molecular flexibility index (Phi) is 5.20. The van der Waals surface area contributed by atoms with E-state index in [2.05, 4.69) is 0 Å². The van der Waals surface area contributed by atoms with E-state index in [4.69, 9.17) is 17.3 Å². The number of hydrogen-bond donors (Lipinski definition) is 2. The molecule has 1 fully saturated rings. The number of carbonyl (C=O) groups excluding carboxylic acids is 1. The van der Waals surface area contributed by atoms with E-state index >= 15 is 0 Å². The van der Waals surface area contributed by atoms with E-state index in [1.54, 1.807) is 12.2 Å². The first-order chi connectivity index (χ1) is 12.5. The average Bonchev–Trinajstić information content (AvgIpc) is 2.90. The number of phenols is 1.